The number of benzene rings is 1. The lowest BCUT2D eigenvalue weighted by Crippen LogP contribution is -2.56. The molecule has 23 heavy (non-hydrogen) atoms. The molecule has 1 aromatic carbocycles. The summed E-state index contributed by atoms with van der Waals surface area (Å²) < 4.78 is 0. The van der Waals surface area contributed by atoms with Gasteiger partial charge in [-0.25, -0.2) is 0 Å². The molecule has 4 nitrogen and oxygen atoms in total. The topological polar surface area (TPSA) is 49.4 Å². The quantitative estimate of drug-likeness (QED) is 0.917. The van der Waals surface area contributed by atoms with E-state index in [2.05, 4.69) is 5.32 Å². The first-order chi connectivity index (χ1) is 11.0. The minimum atomic E-state index is -0.126. The number of nitrogens with zero attached hydrogens (tertiary/aromatic N) is 1. The Morgan fingerprint density at radius 2 is 1.83 bits per heavy atom. The number of likely N-dealkylation sites (tertiary alicyclic amines) is 1. The van der Waals surface area contributed by atoms with Gasteiger partial charge < -0.3 is 10.2 Å². The maximum atomic E-state index is 12.4. The Bertz CT molecular complexity index is 605. The highest BCUT2D eigenvalue weighted by Gasteiger charge is 2.38. The van der Waals surface area contributed by atoms with E-state index in [1.165, 1.54) is 6.42 Å². The van der Waals surface area contributed by atoms with Crippen LogP contribution in [-0.2, 0) is 9.59 Å². The number of hydrogen-bond donors (Lipinski definition) is 1. The Kier molecular flexibility index (Phi) is 4.90. The number of carbonyl (C=O) groups is 2. The molecule has 0 spiro atoms. The monoisotopic (exact) mass is 334 g/mol. The van der Waals surface area contributed by atoms with Crippen LogP contribution in [0.5, 0.6) is 0 Å². The van der Waals surface area contributed by atoms with E-state index in [1.807, 2.05) is 24.0 Å². The van der Waals surface area contributed by atoms with Crippen LogP contribution in [-0.4, -0.2) is 29.8 Å². The number of anilines is 1. The first-order valence-electron chi connectivity index (χ1n) is 8.40. The first kappa shape index (κ1) is 16.3. The smallest absolute Gasteiger partial charge is 0.231 e. The van der Waals surface area contributed by atoms with Gasteiger partial charge in [0.05, 0.1) is 16.6 Å². The number of amides is 2. The van der Waals surface area contributed by atoms with Crippen molar-refractivity contribution >= 4 is 29.1 Å². The lowest BCUT2D eigenvalue weighted by molar-refractivity contribution is -0.145. The third-order valence-electron chi connectivity index (χ3n) is 4.90. The molecule has 0 unspecified atom stereocenters. The molecule has 1 aliphatic carbocycles. The molecule has 0 bridgehead atoms. The maximum absolute atomic E-state index is 12.4. The highest BCUT2D eigenvalue weighted by atomic mass is 35.5. The second-order valence-corrected chi connectivity index (χ2v) is 7.15. The maximum Gasteiger partial charge on any atom is 0.231 e. The number of nitrogens with one attached hydrogen (secondary N) is 1. The van der Waals surface area contributed by atoms with Gasteiger partial charge in [0, 0.05) is 19.0 Å². The van der Waals surface area contributed by atoms with Gasteiger partial charge in [-0.2, -0.15) is 0 Å². The van der Waals surface area contributed by atoms with E-state index >= 15 is 0 Å². The fraction of sp³-hybridized carbons (Fsp3) is 0.556. The number of hydrogen-bond acceptors (Lipinski definition) is 2. The van der Waals surface area contributed by atoms with E-state index in [0.29, 0.717) is 23.8 Å². The zero-order chi connectivity index (χ0) is 16.4. The number of rotatable bonds is 3. The van der Waals surface area contributed by atoms with Crippen LogP contribution in [0.4, 0.5) is 5.69 Å². The van der Waals surface area contributed by atoms with E-state index in [-0.39, 0.29) is 23.7 Å². The molecule has 1 N–H and O–H groups in total. The predicted molar refractivity (Wildman–Crippen MR) is 91.5 cm³/mol. The molecule has 1 heterocycles. The number of carbonyl (C=O) groups excluding carboxylic acids is 2. The molecule has 5 heteroatoms. The molecule has 1 saturated heterocycles. The minimum absolute atomic E-state index is 0.0507. The lowest BCUT2D eigenvalue weighted by atomic mass is 9.86. The molecular formula is C18H23ClN2O2. The highest BCUT2D eigenvalue weighted by molar-refractivity contribution is 6.33. The fourth-order valence-electron chi connectivity index (χ4n) is 3.40. The van der Waals surface area contributed by atoms with Gasteiger partial charge in [-0.3, -0.25) is 9.59 Å². The summed E-state index contributed by atoms with van der Waals surface area (Å²) in [5.74, 6) is 0.241. The van der Waals surface area contributed by atoms with Crippen LogP contribution in [0, 0.1) is 18.8 Å². The number of halogens is 1. The molecule has 0 aromatic heterocycles. The summed E-state index contributed by atoms with van der Waals surface area (Å²) >= 11 is 6.11. The molecule has 124 valence electrons. The Morgan fingerprint density at radius 3 is 2.52 bits per heavy atom. The van der Waals surface area contributed by atoms with Gasteiger partial charge >= 0.3 is 0 Å². The first-order valence-corrected chi connectivity index (χ1v) is 8.78. The molecular weight excluding hydrogens is 312 g/mol. The van der Waals surface area contributed by atoms with Crippen LogP contribution >= 0.6 is 11.6 Å². The third kappa shape index (κ3) is 3.69. The van der Waals surface area contributed by atoms with Crippen molar-refractivity contribution in [3.8, 4) is 0 Å². The third-order valence-corrected chi connectivity index (χ3v) is 5.23. The van der Waals surface area contributed by atoms with E-state index in [9.17, 15) is 9.59 Å². The molecule has 3 rings (SSSR count). The Labute approximate surface area is 142 Å². The average molecular weight is 335 g/mol. The summed E-state index contributed by atoms with van der Waals surface area (Å²) in [4.78, 5) is 26.5. The zero-order valence-corrected chi connectivity index (χ0v) is 14.2. The van der Waals surface area contributed by atoms with Crippen molar-refractivity contribution in [3.05, 3.63) is 28.8 Å². The predicted octanol–water partition coefficient (Wildman–Crippen LogP) is 3.63. The van der Waals surface area contributed by atoms with Crippen LogP contribution in [0.3, 0.4) is 0 Å². The molecule has 0 radical (unpaired) electrons. The van der Waals surface area contributed by atoms with E-state index in [0.717, 1.165) is 31.2 Å². The summed E-state index contributed by atoms with van der Waals surface area (Å²) in [7, 11) is 0. The highest BCUT2D eigenvalue weighted by Crippen LogP contribution is 2.29. The normalized spacial score (nSPS) is 19.3. The minimum Gasteiger partial charge on any atom is -0.341 e. The summed E-state index contributed by atoms with van der Waals surface area (Å²) in [5.41, 5.74) is 1.70. The van der Waals surface area contributed by atoms with Crippen LogP contribution < -0.4 is 5.32 Å². The van der Waals surface area contributed by atoms with Crippen molar-refractivity contribution in [2.45, 2.75) is 39.0 Å². The van der Waals surface area contributed by atoms with Crippen molar-refractivity contribution in [2.75, 3.05) is 18.4 Å². The van der Waals surface area contributed by atoms with Crippen LogP contribution in [0.25, 0.3) is 0 Å². The van der Waals surface area contributed by atoms with Gasteiger partial charge in [0.15, 0.2) is 0 Å². The lowest BCUT2D eigenvalue weighted by Gasteiger charge is -2.40. The van der Waals surface area contributed by atoms with Gasteiger partial charge in [-0.15, -0.1) is 0 Å². The summed E-state index contributed by atoms with van der Waals surface area (Å²) in [6.45, 7) is 3.02. The molecule has 0 atom stereocenters. The SMILES string of the molecule is Cc1ccc(Cl)c(NC(=O)C2CN(C(=O)C3CCCCC3)C2)c1. The summed E-state index contributed by atoms with van der Waals surface area (Å²) in [6.07, 6.45) is 5.56. The summed E-state index contributed by atoms with van der Waals surface area (Å²) in [6, 6.07) is 5.56. The van der Waals surface area contributed by atoms with Crippen LogP contribution in [0.1, 0.15) is 37.7 Å². The van der Waals surface area contributed by atoms with Gasteiger partial charge in [-0.1, -0.05) is 36.9 Å². The Morgan fingerprint density at radius 1 is 1.13 bits per heavy atom. The van der Waals surface area contributed by atoms with Crippen molar-refractivity contribution < 1.29 is 9.59 Å². The summed E-state index contributed by atoms with van der Waals surface area (Å²) in [5, 5.41) is 3.42. The Hall–Kier alpha value is -1.55. The standard InChI is InChI=1S/C18H23ClN2O2/c1-12-7-8-15(19)16(9-12)20-17(22)14-10-21(11-14)18(23)13-5-3-2-4-6-13/h7-9,13-14H,2-6,10-11H2,1H3,(H,20,22). The van der Waals surface area contributed by atoms with Gasteiger partial charge in [0.1, 0.15) is 0 Å². The van der Waals surface area contributed by atoms with Gasteiger partial charge in [0.2, 0.25) is 11.8 Å². The van der Waals surface area contributed by atoms with E-state index in [4.69, 9.17) is 11.6 Å². The van der Waals surface area contributed by atoms with Crippen molar-refractivity contribution in [2.24, 2.45) is 11.8 Å². The van der Waals surface area contributed by atoms with Gasteiger partial charge in [-0.05, 0) is 37.5 Å². The molecule has 1 aliphatic heterocycles. The molecule has 2 fully saturated rings. The van der Waals surface area contributed by atoms with Crippen molar-refractivity contribution in [1.29, 1.82) is 0 Å². The second kappa shape index (κ2) is 6.91. The van der Waals surface area contributed by atoms with Gasteiger partial charge in [0.25, 0.3) is 0 Å². The van der Waals surface area contributed by atoms with E-state index < -0.39 is 0 Å². The Balaban J connectivity index is 1.51. The molecule has 2 aliphatic rings. The fourth-order valence-corrected chi connectivity index (χ4v) is 3.57. The largest absolute Gasteiger partial charge is 0.341 e. The number of aryl methyl sites for hydroxylation is 1. The molecule has 1 saturated carbocycles. The second-order valence-electron chi connectivity index (χ2n) is 6.75. The van der Waals surface area contributed by atoms with Crippen LogP contribution in [0.15, 0.2) is 18.2 Å². The zero-order valence-electron chi connectivity index (χ0n) is 13.5. The van der Waals surface area contributed by atoms with Crippen LogP contribution in [0.2, 0.25) is 5.02 Å². The molecule has 2 amide bonds. The average Bonchev–Trinajstić information content (AvgIpc) is 2.50. The van der Waals surface area contributed by atoms with E-state index in [1.54, 1.807) is 6.07 Å². The van der Waals surface area contributed by atoms with Crippen molar-refractivity contribution in [1.82, 2.24) is 4.90 Å². The molecule has 1 aromatic rings. The van der Waals surface area contributed by atoms with Crippen molar-refractivity contribution in [3.63, 3.8) is 0 Å².